The van der Waals surface area contributed by atoms with E-state index in [-0.39, 0.29) is 17.7 Å². The summed E-state index contributed by atoms with van der Waals surface area (Å²) in [6, 6.07) is 17.1. The first kappa shape index (κ1) is 19.3. The fourth-order valence-corrected chi connectivity index (χ4v) is 3.10. The maximum Gasteiger partial charge on any atom is 0.335 e. The Labute approximate surface area is 173 Å². The molecule has 0 unspecified atom stereocenters. The van der Waals surface area contributed by atoms with Gasteiger partial charge in [-0.05, 0) is 54.6 Å². The Kier molecular flexibility index (Phi) is 5.47. The lowest BCUT2D eigenvalue weighted by molar-refractivity contribution is 0.0697. The van der Waals surface area contributed by atoms with Crippen LogP contribution in [0.25, 0.3) is 0 Å². The number of anilines is 3. The smallest absolute Gasteiger partial charge is 0.335 e. The van der Waals surface area contributed by atoms with E-state index in [1.165, 1.54) is 0 Å². The summed E-state index contributed by atoms with van der Waals surface area (Å²) < 4.78 is 5.94. The molecule has 8 heteroatoms. The molecule has 0 spiro atoms. The zero-order chi connectivity index (χ0) is 20.9. The molecule has 2 heterocycles. The predicted molar refractivity (Wildman–Crippen MR) is 113 cm³/mol. The van der Waals surface area contributed by atoms with Crippen LogP contribution in [0.1, 0.15) is 10.4 Å². The van der Waals surface area contributed by atoms with Gasteiger partial charge < -0.3 is 25.4 Å². The van der Waals surface area contributed by atoms with Crippen molar-refractivity contribution in [1.82, 2.24) is 4.98 Å². The van der Waals surface area contributed by atoms with Crippen molar-refractivity contribution in [3.05, 3.63) is 78.6 Å². The summed E-state index contributed by atoms with van der Waals surface area (Å²) in [5, 5.41) is 14.6. The molecule has 0 saturated carbocycles. The van der Waals surface area contributed by atoms with Crippen LogP contribution in [-0.2, 0) is 0 Å². The first-order valence-corrected chi connectivity index (χ1v) is 9.40. The van der Waals surface area contributed by atoms with Crippen LogP contribution < -0.4 is 20.3 Å². The highest BCUT2D eigenvalue weighted by molar-refractivity contribution is 5.99. The standard InChI is InChI=1S/C22H20N4O4/c27-21(28)15-3-1-5-18(11-15)26-13-20(14-26)30-19-8-6-16(7-9-19)24-22(29)25-17-4-2-10-23-12-17/h1-12,20H,13-14H2,(H,27,28)(H2,24,25,29). The second-order valence-electron chi connectivity index (χ2n) is 6.85. The summed E-state index contributed by atoms with van der Waals surface area (Å²) >= 11 is 0. The summed E-state index contributed by atoms with van der Waals surface area (Å²) in [5.41, 5.74) is 2.39. The number of carbonyl (C=O) groups is 2. The minimum Gasteiger partial charge on any atom is -0.487 e. The molecule has 2 amide bonds. The molecule has 1 aromatic heterocycles. The van der Waals surface area contributed by atoms with Gasteiger partial charge >= 0.3 is 12.0 Å². The van der Waals surface area contributed by atoms with Gasteiger partial charge in [-0.3, -0.25) is 4.98 Å². The Morgan fingerprint density at radius 1 is 1.00 bits per heavy atom. The van der Waals surface area contributed by atoms with Gasteiger partial charge in [-0.15, -0.1) is 0 Å². The molecular formula is C22H20N4O4. The Hall–Kier alpha value is -4.07. The molecule has 30 heavy (non-hydrogen) atoms. The minimum absolute atomic E-state index is 0.0196. The lowest BCUT2D eigenvalue weighted by atomic mass is 10.1. The van der Waals surface area contributed by atoms with Crippen LogP contribution in [0.15, 0.2) is 73.1 Å². The number of carbonyl (C=O) groups excluding carboxylic acids is 1. The lowest BCUT2D eigenvalue weighted by Crippen LogP contribution is -2.54. The fourth-order valence-electron chi connectivity index (χ4n) is 3.10. The average molecular weight is 404 g/mol. The highest BCUT2D eigenvalue weighted by atomic mass is 16.5. The number of ether oxygens (including phenoxy) is 1. The van der Waals surface area contributed by atoms with Gasteiger partial charge in [0.05, 0.1) is 30.5 Å². The summed E-state index contributed by atoms with van der Waals surface area (Å²) in [4.78, 5) is 29.1. The quantitative estimate of drug-likeness (QED) is 0.579. The van der Waals surface area contributed by atoms with Gasteiger partial charge in [0.2, 0.25) is 0 Å². The van der Waals surface area contributed by atoms with Crippen molar-refractivity contribution in [2.45, 2.75) is 6.10 Å². The van der Waals surface area contributed by atoms with E-state index in [0.29, 0.717) is 30.2 Å². The highest BCUT2D eigenvalue weighted by Crippen LogP contribution is 2.26. The summed E-state index contributed by atoms with van der Waals surface area (Å²) in [5.74, 6) is -0.231. The zero-order valence-corrected chi connectivity index (χ0v) is 16.0. The molecule has 1 saturated heterocycles. The van der Waals surface area contributed by atoms with Crippen molar-refractivity contribution >= 4 is 29.1 Å². The summed E-state index contributed by atoms with van der Waals surface area (Å²) in [6.07, 6.45) is 3.22. The van der Waals surface area contributed by atoms with Crippen molar-refractivity contribution < 1.29 is 19.4 Å². The zero-order valence-electron chi connectivity index (χ0n) is 16.0. The fraction of sp³-hybridized carbons (Fsp3) is 0.136. The maximum absolute atomic E-state index is 12.0. The van der Waals surface area contributed by atoms with Crippen LogP contribution >= 0.6 is 0 Å². The van der Waals surface area contributed by atoms with Crippen molar-refractivity contribution in [2.24, 2.45) is 0 Å². The Bertz CT molecular complexity index is 1030. The van der Waals surface area contributed by atoms with Crippen LogP contribution in [0.3, 0.4) is 0 Å². The average Bonchev–Trinajstić information content (AvgIpc) is 2.72. The Morgan fingerprint density at radius 2 is 1.77 bits per heavy atom. The van der Waals surface area contributed by atoms with E-state index < -0.39 is 5.97 Å². The molecule has 3 N–H and O–H groups in total. The molecule has 0 atom stereocenters. The third-order valence-electron chi connectivity index (χ3n) is 4.64. The lowest BCUT2D eigenvalue weighted by Gasteiger charge is -2.40. The normalized spacial score (nSPS) is 13.3. The van der Waals surface area contributed by atoms with E-state index in [0.717, 1.165) is 5.69 Å². The number of amides is 2. The van der Waals surface area contributed by atoms with Gasteiger partial charge in [0.25, 0.3) is 0 Å². The SMILES string of the molecule is O=C(Nc1ccc(OC2CN(c3cccc(C(=O)O)c3)C2)cc1)Nc1cccnc1. The van der Waals surface area contributed by atoms with Crippen LogP contribution in [0, 0.1) is 0 Å². The van der Waals surface area contributed by atoms with Crippen molar-refractivity contribution in [1.29, 1.82) is 0 Å². The number of hydrogen-bond donors (Lipinski definition) is 3. The number of urea groups is 1. The van der Waals surface area contributed by atoms with Crippen molar-refractivity contribution in [3.63, 3.8) is 0 Å². The monoisotopic (exact) mass is 404 g/mol. The molecule has 1 aliphatic heterocycles. The number of pyridine rings is 1. The number of benzene rings is 2. The van der Waals surface area contributed by atoms with Crippen LogP contribution in [-0.4, -0.2) is 41.3 Å². The predicted octanol–water partition coefficient (Wildman–Crippen LogP) is 3.69. The molecule has 0 aliphatic carbocycles. The molecule has 0 radical (unpaired) electrons. The van der Waals surface area contributed by atoms with Crippen LogP contribution in [0.2, 0.25) is 0 Å². The number of rotatable bonds is 6. The number of nitrogens with zero attached hydrogens (tertiary/aromatic N) is 2. The number of hydrogen-bond acceptors (Lipinski definition) is 5. The van der Waals surface area contributed by atoms with Gasteiger partial charge in [0, 0.05) is 17.6 Å². The van der Waals surface area contributed by atoms with E-state index in [1.54, 1.807) is 67.0 Å². The largest absolute Gasteiger partial charge is 0.487 e. The third kappa shape index (κ3) is 4.67. The molecule has 0 bridgehead atoms. The summed E-state index contributed by atoms with van der Waals surface area (Å²) in [6.45, 7) is 1.35. The molecule has 8 nitrogen and oxygen atoms in total. The first-order chi connectivity index (χ1) is 14.6. The minimum atomic E-state index is -0.937. The number of aromatic carboxylic acids is 1. The number of carboxylic acid groups (broad SMARTS) is 1. The second kappa shape index (κ2) is 8.52. The van der Waals surface area contributed by atoms with E-state index in [4.69, 9.17) is 9.84 Å². The van der Waals surface area contributed by atoms with E-state index >= 15 is 0 Å². The molecule has 3 aromatic rings. The number of aromatic nitrogens is 1. The van der Waals surface area contributed by atoms with Gasteiger partial charge in [-0.2, -0.15) is 0 Å². The van der Waals surface area contributed by atoms with Gasteiger partial charge in [-0.25, -0.2) is 9.59 Å². The topological polar surface area (TPSA) is 104 Å². The van der Waals surface area contributed by atoms with E-state index in [1.807, 2.05) is 6.07 Å². The van der Waals surface area contributed by atoms with Crippen molar-refractivity contribution in [3.8, 4) is 5.75 Å². The van der Waals surface area contributed by atoms with Crippen molar-refractivity contribution in [2.75, 3.05) is 28.6 Å². The van der Waals surface area contributed by atoms with Crippen LogP contribution in [0.4, 0.5) is 21.9 Å². The molecular weight excluding hydrogens is 384 g/mol. The molecule has 152 valence electrons. The molecule has 2 aromatic carbocycles. The molecule has 4 rings (SSSR count). The Balaban J connectivity index is 1.26. The highest BCUT2D eigenvalue weighted by Gasteiger charge is 2.29. The Morgan fingerprint density at radius 3 is 2.47 bits per heavy atom. The molecule has 1 aliphatic rings. The van der Waals surface area contributed by atoms with Crippen LogP contribution in [0.5, 0.6) is 5.75 Å². The van der Waals surface area contributed by atoms with Gasteiger partial charge in [0.1, 0.15) is 11.9 Å². The second-order valence-corrected chi connectivity index (χ2v) is 6.85. The van der Waals surface area contributed by atoms with Gasteiger partial charge in [0.15, 0.2) is 0 Å². The number of nitrogens with one attached hydrogen (secondary N) is 2. The van der Waals surface area contributed by atoms with E-state index in [2.05, 4.69) is 20.5 Å². The van der Waals surface area contributed by atoms with E-state index in [9.17, 15) is 9.59 Å². The van der Waals surface area contributed by atoms with Gasteiger partial charge in [-0.1, -0.05) is 6.07 Å². The summed E-state index contributed by atoms with van der Waals surface area (Å²) in [7, 11) is 0. The first-order valence-electron chi connectivity index (χ1n) is 9.40. The third-order valence-corrected chi connectivity index (χ3v) is 4.64. The maximum atomic E-state index is 12.0. The number of carboxylic acids is 1. The molecule has 1 fully saturated rings.